The van der Waals surface area contributed by atoms with Gasteiger partial charge in [-0.15, -0.1) is 15.3 Å². The third-order valence-electron chi connectivity index (χ3n) is 2.21. The maximum Gasteiger partial charge on any atom is 0.214 e. The van der Waals surface area contributed by atoms with Gasteiger partial charge in [-0.1, -0.05) is 41.3 Å². The molecule has 3 aromatic rings. The highest BCUT2D eigenvalue weighted by Gasteiger charge is 2.10. The quantitative estimate of drug-likeness (QED) is 0.689. The number of aromatic nitrogens is 6. The lowest BCUT2D eigenvalue weighted by Crippen LogP contribution is -1.98. The van der Waals surface area contributed by atoms with Gasteiger partial charge in [0.25, 0.3) is 0 Å². The SMILES string of the molecule is Clc1nnc(CSc2nnnn2-c2ccccc2)s1. The summed E-state index contributed by atoms with van der Waals surface area (Å²) in [5.41, 5.74) is 0.922. The molecule has 3 rings (SSSR count). The Bertz CT molecular complexity index is 667. The smallest absolute Gasteiger partial charge is 0.188 e. The number of thioether (sulfide) groups is 1. The van der Waals surface area contributed by atoms with Crippen molar-refractivity contribution in [1.82, 2.24) is 30.4 Å². The highest BCUT2D eigenvalue weighted by Crippen LogP contribution is 2.25. The molecule has 1 aromatic carbocycles. The molecule has 0 N–H and O–H groups in total. The highest BCUT2D eigenvalue weighted by molar-refractivity contribution is 7.98. The molecule has 0 bridgehead atoms. The van der Waals surface area contributed by atoms with Gasteiger partial charge < -0.3 is 0 Å². The standard InChI is InChI=1S/C10H7ClN6S2/c11-9-13-12-8(19-9)6-18-10-14-15-16-17(10)7-4-2-1-3-5-7/h1-5H,6H2. The Morgan fingerprint density at radius 2 is 2.00 bits per heavy atom. The topological polar surface area (TPSA) is 69.4 Å². The van der Waals surface area contributed by atoms with Crippen LogP contribution in [0.3, 0.4) is 0 Å². The number of hydrogen-bond donors (Lipinski definition) is 0. The lowest BCUT2D eigenvalue weighted by molar-refractivity contribution is 0.756. The second kappa shape index (κ2) is 5.64. The van der Waals surface area contributed by atoms with Crippen molar-refractivity contribution in [3.63, 3.8) is 0 Å². The van der Waals surface area contributed by atoms with Gasteiger partial charge in [0.2, 0.25) is 9.62 Å². The summed E-state index contributed by atoms with van der Waals surface area (Å²) >= 11 is 8.59. The van der Waals surface area contributed by atoms with E-state index in [0.717, 1.165) is 10.7 Å². The van der Waals surface area contributed by atoms with E-state index in [1.807, 2.05) is 30.3 Å². The van der Waals surface area contributed by atoms with Crippen molar-refractivity contribution < 1.29 is 0 Å². The second-order valence-electron chi connectivity index (χ2n) is 3.45. The lowest BCUT2D eigenvalue weighted by Gasteiger charge is -2.02. The third-order valence-corrected chi connectivity index (χ3v) is 4.34. The molecule has 0 fully saturated rings. The molecule has 0 saturated heterocycles. The summed E-state index contributed by atoms with van der Waals surface area (Å²) in [6.07, 6.45) is 0. The Balaban J connectivity index is 1.77. The Morgan fingerprint density at radius 1 is 1.16 bits per heavy atom. The second-order valence-corrected chi connectivity index (χ2v) is 6.03. The molecule has 0 atom stereocenters. The van der Waals surface area contributed by atoms with Crippen LogP contribution in [0.15, 0.2) is 35.5 Å². The highest BCUT2D eigenvalue weighted by atomic mass is 35.5. The minimum Gasteiger partial charge on any atom is -0.188 e. The summed E-state index contributed by atoms with van der Waals surface area (Å²) in [6.45, 7) is 0. The summed E-state index contributed by atoms with van der Waals surface area (Å²) in [5, 5.41) is 20.9. The maximum absolute atomic E-state index is 5.74. The molecule has 96 valence electrons. The Hall–Kier alpha value is -1.51. The van der Waals surface area contributed by atoms with Gasteiger partial charge >= 0.3 is 0 Å². The number of rotatable bonds is 4. The first-order valence-corrected chi connectivity index (χ1v) is 7.45. The van der Waals surface area contributed by atoms with Crippen LogP contribution in [0.2, 0.25) is 4.47 Å². The zero-order chi connectivity index (χ0) is 13.1. The van der Waals surface area contributed by atoms with Crippen molar-refractivity contribution in [2.24, 2.45) is 0 Å². The molecule has 0 spiro atoms. The number of halogens is 1. The van der Waals surface area contributed by atoms with E-state index in [0.29, 0.717) is 15.4 Å². The Kier molecular flexibility index (Phi) is 3.72. The number of tetrazole rings is 1. The van der Waals surface area contributed by atoms with Crippen molar-refractivity contribution in [3.8, 4) is 5.69 Å². The average molecular weight is 311 g/mol. The summed E-state index contributed by atoms with van der Waals surface area (Å²) in [4.78, 5) is 0. The van der Waals surface area contributed by atoms with Gasteiger partial charge in [-0.3, -0.25) is 0 Å². The zero-order valence-corrected chi connectivity index (χ0v) is 11.9. The van der Waals surface area contributed by atoms with E-state index in [4.69, 9.17) is 11.6 Å². The van der Waals surface area contributed by atoms with Crippen LogP contribution in [0.25, 0.3) is 5.69 Å². The summed E-state index contributed by atoms with van der Waals surface area (Å²) in [5.74, 6) is 0.637. The fourth-order valence-corrected chi connectivity index (χ4v) is 3.16. The maximum atomic E-state index is 5.74. The van der Waals surface area contributed by atoms with E-state index in [9.17, 15) is 0 Å². The first-order chi connectivity index (χ1) is 9.33. The van der Waals surface area contributed by atoms with Crippen LogP contribution in [-0.2, 0) is 5.75 Å². The normalized spacial score (nSPS) is 10.8. The zero-order valence-electron chi connectivity index (χ0n) is 9.47. The molecule has 6 nitrogen and oxygen atoms in total. The van der Waals surface area contributed by atoms with E-state index >= 15 is 0 Å². The third kappa shape index (κ3) is 2.91. The molecule has 0 amide bonds. The lowest BCUT2D eigenvalue weighted by atomic mass is 10.3. The van der Waals surface area contributed by atoms with Crippen molar-refractivity contribution in [1.29, 1.82) is 0 Å². The fraction of sp³-hybridized carbons (Fsp3) is 0.100. The molecule has 0 radical (unpaired) electrons. The minimum absolute atomic E-state index is 0.443. The molecule has 0 aliphatic heterocycles. The number of para-hydroxylation sites is 1. The average Bonchev–Trinajstić information content (AvgIpc) is 3.06. The van der Waals surface area contributed by atoms with E-state index in [2.05, 4.69) is 25.7 Å². The molecule has 2 heterocycles. The van der Waals surface area contributed by atoms with Crippen LogP contribution in [0.1, 0.15) is 5.01 Å². The fourth-order valence-electron chi connectivity index (χ4n) is 1.42. The number of nitrogens with zero attached hydrogens (tertiary/aromatic N) is 6. The van der Waals surface area contributed by atoms with Gasteiger partial charge in [0.1, 0.15) is 5.01 Å². The predicted octanol–water partition coefficient (Wildman–Crippen LogP) is 2.46. The molecular formula is C10H7ClN6S2. The van der Waals surface area contributed by atoms with Crippen LogP contribution >= 0.6 is 34.7 Å². The summed E-state index contributed by atoms with van der Waals surface area (Å²) in [7, 11) is 0. The molecule has 0 saturated carbocycles. The molecule has 19 heavy (non-hydrogen) atoms. The van der Waals surface area contributed by atoms with Crippen molar-refractivity contribution in [3.05, 3.63) is 39.8 Å². The summed E-state index contributed by atoms with van der Waals surface area (Å²) < 4.78 is 2.13. The molecule has 0 unspecified atom stereocenters. The van der Waals surface area contributed by atoms with Crippen LogP contribution < -0.4 is 0 Å². The van der Waals surface area contributed by atoms with Crippen LogP contribution in [0, 0.1) is 0 Å². The molecule has 9 heteroatoms. The van der Waals surface area contributed by atoms with Crippen molar-refractivity contribution in [2.45, 2.75) is 10.9 Å². The van der Waals surface area contributed by atoms with Crippen LogP contribution in [-0.4, -0.2) is 30.4 Å². The van der Waals surface area contributed by atoms with Crippen LogP contribution in [0.5, 0.6) is 0 Å². The number of benzene rings is 1. The largest absolute Gasteiger partial charge is 0.214 e. The molecule has 0 aliphatic carbocycles. The van der Waals surface area contributed by atoms with Crippen LogP contribution in [0.4, 0.5) is 0 Å². The summed E-state index contributed by atoms with van der Waals surface area (Å²) in [6, 6.07) is 9.72. The van der Waals surface area contributed by atoms with Gasteiger partial charge in [0, 0.05) is 0 Å². The molecular weight excluding hydrogens is 304 g/mol. The van der Waals surface area contributed by atoms with Gasteiger partial charge in [0.05, 0.1) is 11.4 Å². The minimum atomic E-state index is 0.443. The monoisotopic (exact) mass is 310 g/mol. The number of hydrogen-bond acceptors (Lipinski definition) is 7. The van der Waals surface area contributed by atoms with Crippen molar-refractivity contribution >= 4 is 34.7 Å². The van der Waals surface area contributed by atoms with Gasteiger partial charge in [-0.2, -0.15) is 4.68 Å². The molecule has 2 aromatic heterocycles. The van der Waals surface area contributed by atoms with E-state index in [1.165, 1.54) is 23.1 Å². The Morgan fingerprint density at radius 3 is 2.74 bits per heavy atom. The van der Waals surface area contributed by atoms with E-state index < -0.39 is 0 Å². The first kappa shape index (κ1) is 12.5. The molecule has 0 aliphatic rings. The first-order valence-electron chi connectivity index (χ1n) is 5.27. The van der Waals surface area contributed by atoms with E-state index in [-0.39, 0.29) is 0 Å². The van der Waals surface area contributed by atoms with Crippen molar-refractivity contribution in [2.75, 3.05) is 0 Å². The van der Waals surface area contributed by atoms with Gasteiger partial charge in [-0.25, -0.2) is 0 Å². The van der Waals surface area contributed by atoms with Gasteiger partial charge in [-0.05, 0) is 34.2 Å². The van der Waals surface area contributed by atoms with E-state index in [1.54, 1.807) is 4.68 Å². The van der Waals surface area contributed by atoms with Gasteiger partial charge in [0.15, 0.2) is 0 Å². The Labute approximate surface area is 121 Å². The predicted molar refractivity (Wildman–Crippen MR) is 73.6 cm³/mol.